The molecule has 0 unspecified atom stereocenters. The van der Waals surface area contributed by atoms with E-state index in [2.05, 4.69) is 17.4 Å². The van der Waals surface area contributed by atoms with Crippen LogP contribution in [0, 0.1) is 0 Å². The summed E-state index contributed by atoms with van der Waals surface area (Å²) in [5, 5.41) is 3.94. The third-order valence-corrected chi connectivity index (χ3v) is 6.77. The summed E-state index contributed by atoms with van der Waals surface area (Å²) in [4.78, 5) is 30.5. The normalized spacial score (nSPS) is 16.6. The molecule has 2 aliphatic rings. The van der Waals surface area contributed by atoms with Gasteiger partial charge < -0.3 is 5.32 Å². The second kappa shape index (κ2) is 7.34. The van der Waals surface area contributed by atoms with Crippen LogP contribution >= 0.6 is 11.8 Å². The average molecular weight is 406 g/mol. The quantitative estimate of drug-likeness (QED) is 0.507. The van der Waals surface area contributed by atoms with Gasteiger partial charge in [0.25, 0.3) is 5.56 Å². The van der Waals surface area contributed by atoms with Crippen LogP contribution in [0.1, 0.15) is 43.4 Å². The van der Waals surface area contributed by atoms with Crippen molar-refractivity contribution in [3.8, 4) is 0 Å². The maximum atomic E-state index is 13.0. The van der Waals surface area contributed by atoms with Crippen molar-refractivity contribution in [1.29, 1.82) is 0 Å². The highest BCUT2D eigenvalue weighted by Crippen LogP contribution is 2.37. The first kappa shape index (κ1) is 18.4. The van der Waals surface area contributed by atoms with Gasteiger partial charge in [0.15, 0.2) is 5.16 Å². The molecule has 5 rings (SSSR count). The number of nitrogens with one attached hydrogen (secondary N) is 1. The Hall–Kier alpha value is -2.60. The van der Waals surface area contributed by atoms with E-state index in [9.17, 15) is 9.59 Å². The molecule has 5 nitrogen and oxygen atoms in total. The van der Waals surface area contributed by atoms with Crippen molar-refractivity contribution in [2.75, 3.05) is 5.32 Å². The van der Waals surface area contributed by atoms with Gasteiger partial charge in [0.05, 0.1) is 16.2 Å². The maximum absolute atomic E-state index is 13.0. The molecule has 3 aromatic rings. The monoisotopic (exact) mass is 405 g/mol. The number of hydrogen-bond donors (Lipinski definition) is 1. The zero-order chi connectivity index (χ0) is 20.0. The molecule has 1 saturated carbocycles. The molecule has 1 amide bonds. The van der Waals surface area contributed by atoms with E-state index >= 15 is 0 Å². The SMILES string of the molecule is C[C@H](Sc1nc2ccccc2c(=O)n1C1CC1)C(=O)Nc1ccc2c(c1)CCC2. The van der Waals surface area contributed by atoms with Gasteiger partial charge in [0.1, 0.15) is 0 Å². The van der Waals surface area contributed by atoms with Crippen molar-refractivity contribution in [1.82, 2.24) is 9.55 Å². The van der Waals surface area contributed by atoms with Gasteiger partial charge in [-0.2, -0.15) is 0 Å². The van der Waals surface area contributed by atoms with Gasteiger partial charge in [-0.05, 0) is 74.4 Å². The summed E-state index contributed by atoms with van der Waals surface area (Å²) in [5.74, 6) is -0.0716. The number of para-hydroxylation sites is 1. The van der Waals surface area contributed by atoms with Crippen molar-refractivity contribution in [3.63, 3.8) is 0 Å². The molecule has 1 heterocycles. The first-order valence-corrected chi connectivity index (χ1v) is 11.1. The van der Waals surface area contributed by atoms with Gasteiger partial charge in [-0.25, -0.2) is 4.98 Å². The van der Waals surface area contributed by atoms with Gasteiger partial charge >= 0.3 is 0 Å². The summed E-state index contributed by atoms with van der Waals surface area (Å²) < 4.78 is 1.78. The first-order valence-electron chi connectivity index (χ1n) is 10.2. The topological polar surface area (TPSA) is 64.0 Å². The lowest BCUT2D eigenvalue weighted by molar-refractivity contribution is -0.115. The Labute approximate surface area is 173 Å². The largest absolute Gasteiger partial charge is 0.325 e. The molecule has 6 heteroatoms. The third-order valence-electron chi connectivity index (χ3n) is 5.70. The molecule has 1 aromatic heterocycles. The minimum absolute atomic E-state index is 0.00756. The van der Waals surface area contributed by atoms with Crippen LogP contribution < -0.4 is 10.9 Å². The van der Waals surface area contributed by atoms with Gasteiger partial charge in [0.2, 0.25) is 5.91 Å². The summed E-state index contributed by atoms with van der Waals surface area (Å²) in [6.07, 6.45) is 5.37. The van der Waals surface area contributed by atoms with Crippen LogP contribution in [0.25, 0.3) is 10.9 Å². The van der Waals surface area contributed by atoms with E-state index in [1.54, 1.807) is 4.57 Å². The van der Waals surface area contributed by atoms with E-state index in [1.165, 1.54) is 29.3 Å². The van der Waals surface area contributed by atoms with Crippen LogP contribution in [0.2, 0.25) is 0 Å². The summed E-state index contributed by atoms with van der Waals surface area (Å²) in [6.45, 7) is 1.87. The number of amides is 1. The van der Waals surface area contributed by atoms with Gasteiger partial charge in [0, 0.05) is 11.7 Å². The van der Waals surface area contributed by atoms with Crippen LogP contribution in [0.4, 0.5) is 5.69 Å². The van der Waals surface area contributed by atoms with Crippen LogP contribution in [-0.4, -0.2) is 20.7 Å². The summed E-state index contributed by atoms with van der Waals surface area (Å²) >= 11 is 1.36. The number of nitrogens with zero attached hydrogens (tertiary/aromatic N) is 2. The lowest BCUT2D eigenvalue weighted by atomic mass is 10.1. The van der Waals surface area contributed by atoms with Crippen molar-refractivity contribution in [3.05, 3.63) is 63.9 Å². The van der Waals surface area contributed by atoms with E-state index in [0.717, 1.165) is 31.4 Å². The number of benzene rings is 2. The number of rotatable bonds is 5. The predicted octanol–water partition coefficient (Wildman–Crippen LogP) is 4.34. The van der Waals surface area contributed by atoms with E-state index in [4.69, 9.17) is 4.98 Å². The predicted molar refractivity (Wildman–Crippen MR) is 117 cm³/mol. The standard InChI is InChI=1S/C23H23N3O2S/c1-14(21(27)24-17-10-9-15-5-4-6-16(15)13-17)29-23-25-20-8-3-2-7-19(20)22(28)26(23)18-11-12-18/h2-3,7-10,13-14,18H,4-6,11-12H2,1H3,(H,24,27)/t14-/m0/s1. The fourth-order valence-electron chi connectivity index (χ4n) is 3.97. The second-order valence-corrected chi connectivity index (χ2v) is 9.21. The smallest absolute Gasteiger partial charge is 0.262 e. The van der Waals surface area contributed by atoms with Crippen LogP contribution in [0.3, 0.4) is 0 Å². The van der Waals surface area contributed by atoms with Crippen molar-refractivity contribution in [2.45, 2.75) is 55.5 Å². The van der Waals surface area contributed by atoms with Crippen LogP contribution in [-0.2, 0) is 17.6 Å². The average Bonchev–Trinajstić information content (AvgIpc) is 3.44. The van der Waals surface area contributed by atoms with Gasteiger partial charge in [-0.1, -0.05) is 30.0 Å². The molecule has 0 saturated heterocycles. The molecule has 0 bridgehead atoms. The van der Waals surface area contributed by atoms with Gasteiger partial charge in [-0.3, -0.25) is 14.2 Å². The van der Waals surface area contributed by atoms with E-state index in [0.29, 0.717) is 16.1 Å². The van der Waals surface area contributed by atoms with Crippen molar-refractivity contribution in [2.24, 2.45) is 0 Å². The Kier molecular flexibility index (Phi) is 4.66. The third kappa shape index (κ3) is 3.57. The summed E-state index contributed by atoms with van der Waals surface area (Å²) in [5.41, 5.74) is 4.24. The first-order chi connectivity index (χ1) is 14.1. The number of carbonyl (C=O) groups is 1. The number of fused-ring (bicyclic) bond motifs is 2. The Bertz CT molecular complexity index is 1170. The highest BCUT2D eigenvalue weighted by atomic mass is 32.2. The molecule has 2 aromatic carbocycles. The number of hydrogen-bond acceptors (Lipinski definition) is 4. The highest BCUT2D eigenvalue weighted by molar-refractivity contribution is 8.00. The minimum Gasteiger partial charge on any atom is -0.325 e. The van der Waals surface area contributed by atoms with E-state index in [1.807, 2.05) is 37.3 Å². The lowest BCUT2D eigenvalue weighted by Crippen LogP contribution is -2.26. The lowest BCUT2D eigenvalue weighted by Gasteiger charge is -2.16. The zero-order valence-electron chi connectivity index (χ0n) is 16.4. The van der Waals surface area contributed by atoms with E-state index < -0.39 is 0 Å². The zero-order valence-corrected chi connectivity index (χ0v) is 17.2. The molecular weight excluding hydrogens is 382 g/mol. The Morgan fingerprint density at radius 2 is 1.97 bits per heavy atom. The number of carbonyl (C=O) groups excluding carboxylic acids is 1. The molecule has 0 spiro atoms. The molecule has 29 heavy (non-hydrogen) atoms. The number of aryl methyl sites for hydroxylation is 2. The van der Waals surface area contributed by atoms with E-state index in [-0.39, 0.29) is 22.8 Å². The fourth-order valence-corrected chi connectivity index (χ4v) is 4.95. The molecular formula is C23H23N3O2S. The van der Waals surface area contributed by atoms with Crippen molar-refractivity contribution < 1.29 is 4.79 Å². The number of anilines is 1. The van der Waals surface area contributed by atoms with Crippen LogP contribution in [0.15, 0.2) is 52.4 Å². The Morgan fingerprint density at radius 1 is 1.17 bits per heavy atom. The highest BCUT2D eigenvalue weighted by Gasteiger charge is 2.30. The Balaban J connectivity index is 1.39. The molecule has 148 valence electrons. The number of aromatic nitrogens is 2. The second-order valence-electron chi connectivity index (χ2n) is 7.90. The molecule has 2 aliphatic carbocycles. The maximum Gasteiger partial charge on any atom is 0.262 e. The minimum atomic E-state index is -0.360. The molecule has 1 N–H and O–H groups in total. The van der Waals surface area contributed by atoms with Crippen LogP contribution in [0.5, 0.6) is 0 Å². The fraction of sp³-hybridized carbons (Fsp3) is 0.348. The van der Waals surface area contributed by atoms with Gasteiger partial charge in [-0.15, -0.1) is 0 Å². The molecule has 1 fully saturated rings. The van der Waals surface area contributed by atoms with Crippen molar-refractivity contribution >= 4 is 34.3 Å². The molecule has 1 atom stereocenters. The Morgan fingerprint density at radius 3 is 2.79 bits per heavy atom. The summed E-state index contributed by atoms with van der Waals surface area (Å²) in [6, 6.07) is 13.8. The molecule has 0 radical (unpaired) electrons. The summed E-state index contributed by atoms with van der Waals surface area (Å²) in [7, 11) is 0. The molecule has 0 aliphatic heterocycles. The number of thioether (sulfide) groups is 1.